The first-order chi connectivity index (χ1) is 15.7. The first-order valence-electron chi connectivity index (χ1n) is 12.5. The number of likely N-dealkylation sites (tertiary alicyclic amines) is 1. The van der Waals surface area contributed by atoms with Crippen LogP contribution in [-0.4, -0.2) is 86.7 Å². The number of carbonyl (C=O) groups is 2. The van der Waals surface area contributed by atoms with Crippen LogP contribution in [0.15, 0.2) is 12.7 Å². The normalized spacial score (nSPS) is 47.3. The van der Waals surface area contributed by atoms with Crippen LogP contribution in [0, 0.1) is 16.7 Å². The van der Waals surface area contributed by atoms with Crippen LogP contribution in [0.4, 0.5) is 0 Å². The van der Waals surface area contributed by atoms with Crippen molar-refractivity contribution in [1.82, 2.24) is 4.90 Å². The second-order valence-corrected chi connectivity index (χ2v) is 12.2. The summed E-state index contributed by atoms with van der Waals surface area (Å²) in [4.78, 5) is 28.8. The number of aliphatic hydroxyl groups is 3. The molecule has 2 heterocycles. The van der Waals surface area contributed by atoms with Gasteiger partial charge in [0.05, 0.1) is 18.2 Å². The Morgan fingerprint density at radius 2 is 1.80 bits per heavy atom. The van der Waals surface area contributed by atoms with E-state index >= 15 is 0 Å². The summed E-state index contributed by atoms with van der Waals surface area (Å²) in [6.45, 7) is 14.4. The molecule has 2 aliphatic heterocycles. The zero-order valence-electron chi connectivity index (χ0n) is 21.6. The van der Waals surface area contributed by atoms with E-state index in [0.29, 0.717) is 12.8 Å². The van der Waals surface area contributed by atoms with Crippen molar-refractivity contribution in [3.05, 3.63) is 12.7 Å². The average molecular weight is 516 g/mol. The molecule has 9 heteroatoms. The van der Waals surface area contributed by atoms with Crippen molar-refractivity contribution in [2.75, 3.05) is 19.6 Å². The molecule has 0 radical (unpaired) electrons. The van der Waals surface area contributed by atoms with Gasteiger partial charge in [-0.2, -0.15) is 0 Å². The number of nitrogens with zero attached hydrogens (tertiary/aromatic N) is 1. The van der Waals surface area contributed by atoms with Crippen molar-refractivity contribution < 1.29 is 34.4 Å². The number of fused-ring (bicyclic) bond motifs is 3. The molecule has 4 unspecified atom stereocenters. The van der Waals surface area contributed by atoms with Gasteiger partial charge in [0.25, 0.3) is 0 Å². The van der Waals surface area contributed by atoms with Crippen LogP contribution in [0.3, 0.4) is 0 Å². The maximum Gasteiger partial charge on any atom is 0.320 e. The second kappa shape index (κ2) is 9.07. The van der Waals surface area contributed by atoms with Crippen molar-refractivity contribution in [3.8, 4) is 0 Å². The van der Waals surface area contributed by atoms with E-state index in [0.717, 1.165) is 25.9 Å². The van der Waals surface area contributed by atoms with Gasteiger partial charge in [0, 0.05) is 17.8 Å². The summed E-state index contributed by atoms with van der Waals surface area (Å²) in [5.74, 6) is -1.65. The summed E-state index contributed by atoms with van der Waals surface area (Å²) < 4.78 is 12.3. The van der Waals surface area contributed by atoms with Crippen LogP contribution in [0.5, 0.6) is 0 Å². The number of Topliss-reactive ketones (excluding diaryl/α,β-unsaturated/α-hetero) is 1. The molecule has 8 nitrogen and oxygen atoms in total. The highest BCUT2D eigenvalue weighted by Crippen LogP contribution is 2.67. The third kappa shape index (κ3) is 3.91. The topological polar surface area (TPSA) is 117 Å². The number of carbonyl (C=O) groups excluding carboxylic acids is 2. The number of rotatable bonds is 4. The Balaban J connectivity index is 0.00000342. The molecule has 4 aliphatic rings. The Kier molecular flexibility index (Phi) is 7.39. The smallest absolute Gasteiger partial charge is 0.320 e. The number of ether oxygens (including phenoxy) is 2. The first-order valence-corrected chi connectivity index (χ1v) is 12.5. The van der Waals surface area contributed by atoms with Crippen molar-refractivity contribution >= 4 is 24.2 Å². The lowest BCUT2D eigenvalue weighted by Gasteiger charge is -2.71. The van der Waals surface area contributed by atoms with Crippen LogP contribution >= 0.6 is 12.4 Å². The molecule has 2 saturated heterocycles. The molecule has 0 bridgehead atoms. The van der Waals surface area contributed by atoms with Gasteiger partial charge < -0.3 is 24.8 Å². The van der Waals surface area contributed by atoms with E-state index < -0.39 is 63.6 Å². The van der Waals surface area contributed by atoms with Gasteiger partial charge in [0.15, 0.2) is 11.4 Å². The third-order valence-corrected chi connectivity index (χ3v) is 9.56. The minimum atomic E-state index is -2.19. The number of hydrogen-bond acceptors (Lipinski definition) is 8. The molecule has 0 aromatic carbocycles. The van der Waals surface area contributed by atoms with Gasteiger partial charge in [-0.05, 0) is 58.0 Å². The number of halogens is 1. The van der Waals surface area contributed by atoms with Crippen LogP contribution in [-0.2, 0) is 19.1 Å². The number of esters is 1. The fourth-order valence-corrected chi connectivity index (χ4v) is 7.72. The maximum absolute atomic E-state index is 13.7. The molecule has 0 amide bonds. The van der Waals surface area contributed by atoms with Crippen molar-refractivity contribution in [3.63, 3.8) is 0 Å². The van der Waals surface area contributed by atoms with Crippen LogP contribution < -0.4 is 0 Å². The Bertz CT molecular complexity index is 876. The van der Waals surface area contributed by atoms with Gasteiger partial charge in [-0.1, -0.05) is 26.8 Å². The van der Waals surface area contributed by atoms with E-state index in [1.165, 1.54) is 13.0 Å². The fourth-order valence-electron chi connectivity index (χ4n) is 7.72. The summed E-state index contributed by atoms with van der Waals surface area (Å²) in [6, 6.07) is 0. The molecule has 0 aromatic heterocycles. The van der Waals surface area contributed by atoms with Crippen LogP contribution in [0.1, 0.15) is 66.7 Å². The summed E-state index contributed by atoms with van der Waals surface area (Å²) >= 11 is 0. The fraction of sp³-hybridized carbons (Fsp3) is 0.846. The first kappa shape index (κ1) is 28.5. The van der Waals surface area contributed by atoms with E-state index in [-0.39, 0.29) is 25.4 Å². The Morgan fingerprint density at radius 1 is 1.20 bits per heavy atom. The van der Waals surface area contributed by atoms with Crippen LogP contribution in [0.2, 0.25) is 0 Å². The number of hydrogen-bond donors (Lipinski definition) is 3. The highest BCUT2D eigenvalue weighted by molar-refractivity contribution is 5.92. The minimum Gasteiger partial charge on any atom is -0.458 e. The zero-order valence-corrected chi connectivity index (χ0v) is 22.4. The molecule has 3 N–H and O–H groups in total. The van der Waals surface area contributed by atoms with Crippen LogP contribution in [0.25, 0.3) is 0 Å². The summed E-state index contributed by atoms with van der Waals surface area (Å²) in [6.07, 6.45) is 0.754. The predicted molar refractivity (Wildman–Crippen MR) is 132 cm³/mol. The van der Waals surface area contributed by atoms with Gasteiger partial charge in [-0.15, -0.1) is 19.0 Å². The highest BCUT2D eigenvalue weighted by Gasteiger charge is 2.81. The van der Waals surface area contributed by atoms with E-state index in [4.69, 9.17) is 9.47 Å². The number of aliphatic hydroxyl groups excluding tert-OH is 2. The Hall–Kier alpha value is -1.03. The summed E-state index contributed by atoms with van der Waals surface area (Å²) in [5.41, 5.74) is -7.10. The molecule has 2 aliphatic carbocycles. The van der Waals surface area contributed by atoms with Gasteiger partial charge in [-0.3, -0.25) is 14.5 Å². The van der Waals surface area contributed by atoms with Gasteiger partial charge in [0.2, 0.25) is 0 Å². The molecule has 4 rings (SSSR count). The van der Waals surface area contributed by atoms with E-state index in [1.54, 1.807) is 13.8 Å². The molecular formula is C26H42ClNO7. The molecule has 0 aromatic rings. The molecule has 0 spiro atoms. The second-order valence-electron chi connectivity index (χ2n) is 12.2. The molecule has 8 atom stereocenters. The third-order valence-electron chi connectivity index (χ3n) is 9.56. The molecule has 35 heavy (non-hydrogen) atoms. The molecule has 2 saturated carbocycles. The Morgan fingerprint density at radius 3 is 2.37 bits per heavy atom. The minimum absolute atomic E-state index is 0. The SMILES string of the molecule is C=C[C@@]1(C)CC(=O)[C@]2(O)C3(C)C(C(OC(=O)CN4CCCC4)C(O)[C@@]2(C)O1)C(C)(C)CC[C@@H]3O.Cl. The molecule has 4 fully saturated rings. The Labute approximate surface area is 214 Å². The van der Waals surface area contributed by atoms with Gasteiger partial charge in [-0.25, -0.2) is 0 Å². The van der Waals surface area contributed by atoms with Gasteiger partial charge >= 0.3 is 5.97 Å². The largest absolute Gasteiger partial charge is 0.458 e. The summed E-state index contributed by atoms with van der Waals surface area (Å²) in [7, 11) is 0. The van der Waals surface area contributed by atoms with Crippen molar-refractivity contribution in [2.24, 2.45) is 16.7 Å². The lowest BCUT2D eigenvalue weighted by Crippen LogP contribution is -2.86. The highest BCUT2D eigenvalue weighted by atomic mass is 35.5. The van der Waals surface area contributed by atoms with E-state index in [2.05, 4.69) is 6.58 Å². The lowest BCUT2D eigenvalue weighted by atomic mass is 9.40. The lowest BCUT2D eigenvalue weighted by molar-refractivity contribution is -0.370. The molecule has 200 valence electrons. The van der Waals surface area contributed by atoms with E-state index in [9.17, 15) is 24.9 Å². The monoisotopic (exact) mass is 515 g/mol. The quantitative estimate of drug-likeness (QED) is 0.384. The van der Waals surface area contributed by atoms with Gasteiger partial charge in [0.1, 0.15) is 17.8 Å². The van der Waals surface area contributed by atoms with Crippen molar-refractivity contribution in [2.45, 2.75) is 102 Å². The molecular weight excluding hydrogens is 474 g/mol. The standard InChI is InChI=1S/C26H41NO7.ClH/c1-7-23(4)14-17(29)26(32)24(5)16(28)10-11-22(2,3)20(24)19(21(31)25(26,6)34-23)33-18(30)15-27-12-8-9-13-27;/h7,16,19-21,28,31-32H,1,8-15H2,2-6H3;1H/t16-,19?,20?,21?,23-,24?,25+,26-;/m0./s1. The summed E-state index contributed by atoms with van der Waals surface area (Å²) in [5, 5.41) is 35.4. The van der Waals surface area contributed by atoms with Crippen molar-refractivity contribution in [1.29, 1.82) is 0 Å². The predicted octanol–water partition coefficient (Wildman–Crippen LogP) is 2.02. The average Bonchev–Trinajstić information content (AvgIpc) is 3.25. The number of ketones is 1. The zero-order chi connectivity index (χ0) is 25.3. The van der Waals surface area contributed by atoms with E-state index in [1.807, 2.05) is 18.7 Å². The maximum atomic E-state index is 13.7.